The molecule has 2 aromatic rings. The number of pyridine rings is 1. The van der Waals surface area contributed by atoms with Crippen LogP contribution in [0.2, 0.25) is 5.28 Å². The molecule has 0 fully saturated rings. The van der Waals surface area contributed by atoms with Gasteiger partial charge in [-0.3, -0.25) is 4.98 Å². The van der Waals surface area contributed by atoms with Crippen molar-refractivity contribution in [2.75, 3.05) is 11.9 Å². The van der Waals surface area contributed by atoms with Gasteiger partial charge in [0.2, 0.25) is 5.28 Å². The zero-order chi connectivity index (χ0) is 11.4. The van der Waals surface area contributed by atoms with Crippen LogP contribution in [0, 0.1) is 0 Å². The Kier molecular flexibility index (Phi) is 3.26. The second-order valence-corrected chi connectivity index (χ2v) is 3.64. The Morgan fingerprint density at radius 1 is 1.38 bits per heavy atom. The summed E-state index contributed by atoms with van der Waals surface area (Å²) in [5, 5.41) is 7.49. The molecule has 2 aromatic heterocycles. The molecular formula is C10H10ClN5. The summed E-state index contributed by atoms with van der Waals surface area (Å²) in [6.45, 7) is 0.697. The van der Waals surface area contributed by atoms with E-state index in [0.29, 0.717) is 12.4 Å². The summed E-state index contributed by atoms with van der Waals surface area (Å²) in [7, 11) is 1.91. The third-order valence-corrected chi connectivity index (χ3v) is 2.21. The first-order valence-electron chi connectivity index (χ1n) is 4.71. The highest BCUT2D eigenvalue weighted by Crippen LogP contribution is 2.11. The summed E-state index contributed by atoms with van der Waals surface area (Å²) in [6.07, 6.45) is 5.13. The summed E-state index contributed by atoms with van der Waals surface area (Å²) in [5.41, 5.74) is 1.10. The van der Waals surface area contributed by atoms with Crippen LogP contribution in [0.15, 0.2) is 30.7 Å². The molecule has 2 heterocycles. The molecular weight excluding hydrogens is 226 g/mol. The molecule has 0 radical (unpaired) electrons. The molecule has 6 heteroatoms. The maximum absolute atomic E-state index is 5.67. The Labute approximate surface area is 98.1 Å². The minimum Gasteiger partial charge on any atom is -0.354 e. The Morgan fingerprint density at radius 3 is 2.94 bits per heavy atom. The number of halogens is 1. The number of hydrogen-bond donors (Lipinski definition) is 0. The van der Waals surface area contributed by atoms with Crippen molar-refractivity contribution in [3.63, 3.8) is 0 Å². The third kappa shape index (κ3) is 2.64. The van der Waals surface area contributed by atoms with Crippen molar-refractivity contribution in [2.24, 2.45) is 0 Å². The summed E-state index contributed by atoms with van der Waals surface area (Å²) >= 11 is 5.67. The van der Waals surface area contributed by atoms with Gasteiger partial charge in [-0.1, -0.05) is 6.07 Å². The molecule has 0 saturated carbocycles. The summed E-state index contributed by atoms with van der Waals surface area (Å²) in [6, 6.07) is 3.90. The second kappa shape index (κ2) is 4.85. The van der Waals surface area contributed by atoms with Gasteiger partial charge in [0.1, 0.15) is 0 Å². The van der Waals surface area contributed by atoms with E-state index in [1.807, 2.05) is 30.3 Å². The van der Waals surface area contributed by atoms with Crippen molar-refractivity contribution in [3.8, 4) is 0 Å². The van der Waals surface area contributed by atoms with Crippen molar-refractivity contribution < 1.29 is 0 Å². The fraction of sp³-hybridized carbons (Fsp3) is 0.200. The van der Waals surface area contributed by atoms with Crippen molar-refractivity contribution in [2.45, 2.75) is 6.54 Å². The number of nitrogens with zero attached hydrogens (tertiary/aromatic N) is 5. The van der Waals surface area contributed by atoms with Gasteiger partial charge in [-0.05, 0) is 23.2 Å². The van der Waals surface area contributed by atoms with Crippen LogP contribution < -0.4 is 4.90 Å². The van der Waals surface area contributed by atoms with Gasteiger partial charge in [-0.2, -0.15) is 10.1 Å². The highest BCUT2D eigenvalue weighted by molar-refractivity contribution is 6.28. The Hall–Kier alpha value is -1.75. The fourth-order valence-electron chi connectivity index (χ4n) is 1.30. The highest BCUT2D eigenvalue weighted by atomic mass is 35.5. The predicted octanol–water partition coefficient (Wildman–Crippen LogP) is 1.56. The topological polar surface area (TPSA) is 54.8 Å². The number of anilines is 1. The molecule has 0 amide bonds. The molecule has 5 nitrogen and oxygen atoms in total. The largest absolute Gasteiger partial charge is 0.354 e. The SMILES string of the molecule is CN(Cc1cccnc1)c1cnnc(Cl)n1. The van der Waals surface area contributed by atoms with Gasteiger partial charge in [0.15, 0.2) is 5.82 Å². The van der Waals surface area contributed by atoms with E-state index in [9.17, 15) is 0 Å². The minimum absolute atomic E-state index is 0.149. The zero-order valence-electron chi connectivity index (χ0n) is 8.71. The molecule has 16 heavy (non-hydrogen) atoms. The van der Waals surface area contributed by atoms with Crippen molar-refractivity contribution in [3.05, 3.63) is 41.6 Å². The van der Waals surface area contributed by atoms with Crippen LogP contribution in [0.5, 0.6) is 0 Å². The lowest BCUT2D eigenvalue weighted by Gasteiger charge is -2.16. The Balaban J connectivity index is 2.12. The van der Waals surface area contributed by atoms with E-state index in [0.717, 1.165) is 5.56 Å². The number of aromatic nitrogens is 4. The molecule has 2 rings (SSSR count). The molecule has 82 valence electrons. The second-order valence-electron chi connectivity index (χ2n) is 3.30. The average Bonchev–Trinajstić information content (AvgIpc) is 2.30. The van der Waals surface area contributed by atoms with Crippen LogP contribution >= 0.6 is 11.6 Å². The normalized spacial score (nSPS) is 10.1. The fourth-order valence-corrected chi connectivity index (χ4v) is 1.43. The lowest BCUT2D eigenvalue weighted by atomic mass is 10.3. The first kappa shape index (κ1) is 10.8. The van der Waals surface area contributed by atoms with Crippen LogP contribution in [0.25, 0.3) is 0 Å². The van der Waals surface area contributed by atoms with Gasteiger partial charge >= 0.3 is 0 Å². The van der Waals surface area contributed by atoms with Gasteiger partial charge < -0.3 is 4.90 Å². The first-order chi connectivity index (χ1) is 7.75. The number of hydrogen-bond acceptors (Lipinski definition) is 5. The molecule has 0 saturated heterocycles. The van der Waals surface area contributed by atoms with Crippen LogP contribution in [-0.4, -0.2) is 27.2 Å². The van der Waals surface area contributed by atoms with E-state index in [1.54, 1.807) is 12.4 Å². The Bertz CT molecular complexity index is 462. The molecule has 0 bridgehead atoms. The maximum atomic E-state index is 5.67. The average molecular weight is 236 g/mol. The smallest absolute Gasteiger partial charge is 0.244 e. The molecule has 0 N–H and O–H groups in total. The summed E-state index contributed by atoms with van der Waals surface area (Å²) < 4.78 is 0. The quantitative estimate of drug-likeness (QED) is 0.808. The van der Waals surface area contributed by atoms with Gasteiger partial charge in [-0.15, -0.1) is 5.10 Å². The molecule has 0 aliphatic rings. The van der Waals surface area contributed by atoms with Crippen LogP contribution in [-0.2, 0) is 6.54 Å². The van der Waals surface area contributed by atoms with Gasteiger partial charge in [0.25, 0.3) is 0 Å². The molecule has 0 spiro atoms. The van der Waals surface area contributed by atoms with E-state index in [-0.39, 0.29) is 5.28 Å². The van der Waals surface area contributed by atoms with Crippen molar-refractivity contribution in [1.29, 1.82) is 0 Å². The monoisotopic (exact) mass is 235 g/mol. The maximum Gasteiger partial charge on any atom is 0.244 e. The predicted molar refractivity (Wildman–Crippen MR) is 61.2 cm³/mol. The summed E-state index contributed by atoms with van der Waals surface area (Å²) in [5.74, 6) is 0.684. The highest BCUT2D eigenvalue weighted by Gasteiger charge is 2.05. The molecule has 0 aliphatic carbocycles. The lowest BCUT2D eigenvalue weighted by molar-refractivity contribution is 0.858. The van der Waals surface area contributed by atoms with E-state index < -0.39 is 0 Å². The first-order valence-corrected chi connectivity index (χ1v) is 5.09. The van der Waals surface area contributed by atoms with Gasteiger partial charge in [-0.25, -0.2) is 0 Å². The number of rotatable bonds is 3. The molecule has 0 unspecified atom stereocenters. The summed E-state index contributed by atoms with van der Waals surface area (Å²) in [4.78, 5) is 10.0. The van der Waals surface area contributed by atoms with E-state index in [1.165, 1.54) is 0 Å². The van der Waals surface area contributed by atoms with E-state index >= 15 is 0 Å². The minimum atomic E-state index is 0.149. The van der Waals surface area contributed by atoms with Crippen molar-refractivity contribution in [1.82, 2.24) is 20.2 Å². The standard InChI is InChI=1S/C10H10ClN5/c1-16(7-8-3-2-4-12-5-8)9-6-13-15-10(11)14-9/h2-6H,7H2,1H3. The third-order valence-electron chi connectivity index (χ3n) is 2.05. The van der Waals surface area contributed by atoms with Crippen LogP contribution in [0.1, 0.15) is 5.56 Å². The molecule has 0 aromatic carbocycles. The van der Waals surface area contributed by atoms with Gasteiger partial charge in [0, 0.05) is 26.0 Å². The Morgan fingerprint density at radius 2 is 2.25 bits per heavy atom. The van der Waals surface area contributed by atoms with Gasteiger partial charge in [0.05, 0.1) is 6.20 Å². The van der Waals surface area contributed by atoms with Crippen molar-refractivity contribution >= 4 is 17.4 Å². The van der Waals surface area contributed by atoms with E-state index in [2.05, 4.69) is 20.2 Å². The van der Waals surface area contributed by atoms with Crippen LogP contribution in [0.3, 0.4) is 0 Å². The van der Waals surface area contributed by atoms with Crippen LogP contribution in [0.4, 0.5) is 5.82 Å². The molecule has 0 aliphatic heterocycles. The van der Waals surface area contributed by atoms with E-state index in [4.69, 9.17) is 11.6 Å². The lowest BCUT2D eigenvalue weighted by Crippen LogP contribution is -2.18. The zero-order valence-corrected chi connectivity index (χ0v) is 9.46. The molecule has 0 atom stereocenters.